The second-order valence-electron chi connectivity index (χ2n) is 2.84. The van der Waals surface area contributed by atoms with Gasteiger partial charge in [-0.1, -0.05) is 50.6 Å². The Hall–Kier alpha value is -0.780. The topological polar surface area (TPSA) is 0 Å². The smallest absolute Gasteiger partial charge is 0.0305 e. The van der Waals surface area contributed by atoms with Crippen molar-refractivity contribution in [3.8, 4) is 0 Å². The minimum atomic E-state index is 1.07. The van der Waals surface area contributed by atoms with Gasteiger partial charge in [0, 0.05) is 0 Å². The third-order valence-electron chi connectivity index (χ3n) is 1.79. The van der Waals surface area contributed by atoms with Gasteiger partial charge in [0.05, 0.1) is 0 Å². The summed E-state index contributed by atoms with van der Waals surface area (Å²) in [5.41, 5.74) is 3.83. The minimum Gasteiger partial charge on any atom is -0.0958 e. The van der Waals surface area contributed by atoms with Crippen LogP contribution in [0, 0.1) is 0 Å². The first-order valence-corrected chi connectivity index (χ1v) is 5.11. The van der Waals surface area contributed by atoms with Crippen molar-refractivity contribution in [1.82, 2.24) is 0 Å². The van der Waals surface area contributed by atoms with E-state index in [4.69, 9.17) is 0 Å². The maximum absolute atomic E-state index is 3.92. The van der Waals surface area contributed by atoms with Gasteiger partial charge in [-0.05, 0) is 32.8 Å². The van der Waals surface area contributed by atoms with E-state index in [0.29, 0.717) is 0 Å². The lowest BCUT2D eigenvalue weighted by molar-refractivity contribution is 1.10. The van der Waals surface area contributed by atoms with Crippen molar-refractivity contribution in [3.05, 3.63) is 35.5 Å². The molecule has 0 rings (SSSR count). The monoisotopic (exact) mass is 180 g/mol. The standard InChI is InChI=1S/C11H18.C2H6/c1-6-10(5)8-11(7-2)9(3)4;1-2/h6,8H,3,7H2,1-2,4-5H3;1-2H3/b10-6-,11-8-;. The van der Waals surface area contributed by atoms with E-state index in [1.165, 1.54) is 16.7 Å². The highest BCUT2D eigenvalue weighted by molar-refractivity contribution is 5.33. The predicted octanol–water partition coefficient (Wildman–Crippen LogP) is 4.89. The van der Waals surface area contributed by atoms with Crippen molar-refractivity contribution in [3.63, 3.8) is 0 Å². The summed E-state index contributed by atoms with van der Waals surface area (Å²) in [5.74, 6) is 0. The molecule has 0 aromatic rings. The number of hydrogen-bond acceptors (Lipinski definition) is 0. The lowest BCUT2D eigenvalue weighted by atomic mass is 10.0. The van der Waals surface area contributed by atoms with Crippen LogP contribution in [0.5, 0.6) is 0 Å². The molecule has 0 radical (unpaired) electrons. The van der Waals surface area contributed by atoms with Crippen LogP contribution in [-0.4, -0.2) is 0 Å². The molecule has 0 atom stereocenters. The van der Waals surface area contributed by atoms with Crippen LogP contribution in [0.25, 0.3) is 0 Å². The summed E-state index contributed by atoms with van der Waals surface area (Å²) < 4.78 is 0. The Bertz CT molecular complexity index is 192. The fraction of sp³-hybridized carbons (Fsp3) is 0.538. The summed E-state index contributed by atoms with van der Waals surface area (Å²) in [4.78, 5) is 0. The van der Waals surface area contributed by atoms with Crippen molar-refractivity contribution in [2.75, 3.05) is 0 Å². The molecule has 0 aliphatic heterocycles. The Labute approximate surface area is 84.1 Å². The second kappa shape index (κ2) is 9.31. The molecule has 0 aromatic heterocycles. The van der Waals surface area contributed by atoms with E-state index in [9.17, 15) is 0 Å². The zero-order valence-corrected chi connectivity index (χ0v) is 10.1. The van der Waals surface area contributed by atoms with E-state index in [2.05, 4.69) is 46.4 Å². The molecule has 0 nitrogen and oxygen atoms in total. The Morgan fingerprint density at radius 1 is 1.23 bits per heavy atom. The molecule has 0 heteroatoms. The Morgan fingerprint density at radius 3 is 1.92 bits per heavy atom. The van der Waals surface area contributed by atoms with E-state index in [1.54, 1.807) is 0 Å². The summed E-state index contributed by atoms with van der Waals surface area (Å²) in [6.45, 7) is 16.3. The Balaban J connectivity index is 0. The maximum atomic E-state index is 3.92. The van der Waals surface area contributed by atoms with Crippen LogP contribution < -0.4 is 0 Å². The van der Waals surface area contributed by atoms with E-state index in [0.717, 1.165) is 6.42 Å². The van der Waals surface area contributed by atoms with E-state index in [-0.39, 0.29) is 0 Å². The normalized spacial score (nSPS) is 11.8. The molecule has 0 unspecified atom stereocenters. The summed E-state index contributed by atoms with van der Waals surface area (Å²) in [5, 5.41) is 0. The molecule has 0 spiro atoms. The van der Waals surface area contributed by atoms with Gasteiger partial charge in [-0.3, -0.25) is 0 Å². The van der Waals surface area contributed by atoms with Gasteiger partial charge in [0.15, 0.2) is 0 Å². The molecule has 0 heterocycles. The number of hydrogen-bond donors (Lipinski definition) is 0. The Morgan fingerprint density at radius 2 is 1.69 bits per heavy atom. The first-order chi connectivity index (χ1) is 6.11. The highest BCUT2D eigenvalue weighted by Gasteiger charge is 1.93. The largest absolute Gasteiger partial charge is 0.0958 e. The molecule has 0 aromatic carbocycles. The molecule has 0 fully saturated rings. The third-order valence-corrected chi connectivity index (χ3v) is 1.79. The van der Waals surface area contributed by atoms with Gasteiger partial charge >= 0.3 is 0 Å². The summed E-state index contributed by atoms with van der Waals surface area (Å²) in [6, 6.07) is 0. The van der Waals surface area contributed by atoms with Crippen molar-refractivity contribution in [2.24, 2.45) is 0 Å². The van der Waals surface area contributed by atoms with Gasteiger partial charge in [0.1, 0.15) is 0 Å². The summed E-state index contributed by atoms with van der Waals surface area (Å²) in [7, 11) is 0. The van der Waals surface area contributed by atoms with Gasteiger partial charge < -0.3 is 0 Å². The lowest BCUT2D eigenvalue weighted by Crippen LogP contribution is -1.82. The van der Waals surface area contributed by atoms with Gasteiger partial charge in [-0.25, -0.2) is 0 Å². The quantitative estimate of drug-likeness (QED) is 0.542. The predicted molar refractivity (Wildman–Crippen MR) is 64.0 cm³/mol. The molecule has 76 valence electrons. The average Bonchev–Trinajstić information content (AvgIpc) is 2.16. The van der Waals surface area contributed by atoms with Crippen LogP contribution in [-0.2, 0) is 0 Å². The molecule has 0 bridgehead atoms. The first-order valence-electron chi connectivity index (χ1n) is 5.11. The molecule has 0 N–H and O–H groups in total. The van der Waals surface area contributed by atoms with Gasteiger partial charge in [0.2, 0.25) is 0 Å². The van der Waals surface area contributed by atoms with Gasteiger partial charge in [-0.2, -0.15) is 0 Å². The molecule has 0 amide bonds. The van der Waals surface area contributed by atoms with Crippen LogP contribution in [0.3, 0.4) is 0 Å². The first kappa shape index (κ1) is 14.7. The molecular formula is C13H24. The van der Waals surface area contributed by atoms with Crippen molar-refractivity contribution < 1.29 is 0 Å². The maximum Gasteiger partial charge on any atom is -0.0305 e. The van der Waals surface area contributed by atoms with Crippen LogP contribution >= 0.6 is 0 Å². The van der Waals surface area contributed by atoms with E-state index >= 15 is 0 Å². The Kier molecular flexibility index (Phi) is 10.5. The molecule has 0 aliphatic carbocycles. The molecular weight excluding hydrogens is 156 g/mol. The average molecular weight is 180 g/mol. The van der Waals surface area contributed by atoms with Crippen molar-refractivity contribution >= 4 is 0 Å². The van der Waals surface area contributed by atoms with Crippen molar-refractivity contribution in [1.29, 1.82) is 0 Å². The fourth-order valence-corrected chi connectivity index (χ4v) is 0.885. The zero-order valence-electron chi connectivity index (χ0n) is 10.1. The fourth-order valence-electron chi connectivity index (χ4n) is 0.885. The van der Waals surface area contributed by atoms with Gasteiger partial charge in [-0.15, -0.1) is 0 Å². The summed E-state index contributed by atoms with van der Waals surface area (Å²) in [6.07, 6.45) is 5.38. The highest BCUT2D eigenvalue weighted by atomic mass is 14.0. The zero-order chi connectivity index (χ0) is 10.9. The third kappa shape index (κ3) is 7.58. The van der Waals surface area contributed by atoms with Crippen LogP contribution in [0.2, 0.25) is 0 Å². The van der Waals surface area contributed by atoms with Crippen LogP contribution in [0.1, 0.15) is 48.0 Å². The minimum absolute atomic E-state index is 1.07. The SMILES string of the molecule is C=C(C)/C(=C\C(C)=C/C)CC.CC. The lowest BCUT2D eigenvalue weighted by Gasteiger charge is -2.02. The van der Waals surface area contributed by atoms with E-state index < -0.39 is 0 Å². The highest BCUT2D eigenvalue weighted by Crippen LogP contribution is 2.13. The second-order valence-corrected chi connectivity index (χ2v) is 2.84. The number of rotatable bonds is 3. The van der Waals surface area contributed by atoms with Crippen molar-refractivity contribution in [2.45, 2.75) is 48.0 Å². The number of allylic oxidation sites excluding steroid dienone is 5. The van der Waals surface area contributed by atoms with Crippen LogP contribution in [0.15, 0.2) is 35.5 Å². The molecule has 0 saturated carbocycles. The molecule has 0 aliphatic rings. The summed E-state index contributed by atoms with van der Waals surface area (Å²) >= 11 is 0. The van der Waals surface area contributed by atoms with Crippen LogP contribution in [0.4, 0.5) is 0 Å². The molecule has 13 heavy (non-hydrogen) atoms. The molecule has 0 saturated heterocycles. The van der Waals surface area contributed by atoms with E-state index in [1.807, 2.05) is 13.8 Å². The van der Waals surface area contributed by atoms with Gasteiger partial charge in [0.25, 0.3) is 0 Å².